The lowest BCUT2D eigenvalue weighted by Gasteiger charge is -2.14. The summed E-state index contributed by atoms with van der Waals surface area (Å²) in [6.45, 7) is 4.07. The predicted molar refractivity (Wildman–Crippen MR) is 74.8 cm³/mol. The fraction of sp³-hybridized carbons (Fsp3) is 0.571. The van der Waals surface area contributed by atoms with E-state index in [0.29, 0.717) is 0 Å². The van der Waals surface area contributed by atoms with Crippen LogP contribution in [-0.2, 0) is 0 Å². The van der Waals surface area contributed by atoms with Gasteiger partial charge in [0.15, 0.2) is 11.6 Å². The molecule has 1 unspecified atom stereocenters. The van der Waals surface area contributed by atoms with Gasteiger partial charge in [0.2, 0.25) is 0 Å². The van der Waals surface area contributed by atoms with E-state index in [2.05, 4.69) is 22.5 Å². The summed E-state index contributed by atoms with van der Waals surface area (Å²) < 4.78 is 13.9. The van der Waals surface area contributed by atoms with Gasteiger partial charge in [-0.1, -0.05) is 26.2 Å². The number of carbonyl (C=O) groups excluding carboxylic acids is 1. The molecular weight excluding hydrogens is 245 g/mol. The molecule has 5 heteroatoms. The average Bonchev–Trinajstić information content (AvgIpc) is 2.39. The van der Waals surface area contributed by atoms with Crippen LogP contribution in [0.15, 0.2) is 12.3 Å². The van der Waals surface area contributed by atoms with Crippen molar-refractivity contribution in [3.63, 3.8) is 0 Å². The van der Waals surface area contributed by atoms with Crippen molar-refractivity contribution in [2.45, 2.75) is 45.6 Å². The molecule has 106 valence electrons. The first-order valence-electron chi connectivity index (χ1n) is 6.73. The number of pyridine rings is 1. The lowest BCUT2D eigenvalue weighted by atomic mass is 10.1. The molecule has 0 bridgehead atoms. The third kappa shape index (κ3) is 4.50. The molecule has 0 aliphatic heterocycles. The topological polar surface area (TPSA) is 54.0 Å². The molecule has 0 aliphatic rings. The van der Waals surface area contributed by atoms with Crippen LogP contribution in [0.1, 0.15) is 49.9 Å². The molecule has 0 radical (unpaired) electrons. The average molecular weight is 267 g/mol. The normalized spacial score (nSPS) is 12.0. The number of rotatable bonds is 7. The van der Waals surface area contributed by atoms with E-state index in [1.54, 1.807) is 7.05 Å². The summed E-state index contributed by atoms with van der Waals surface area (Å²) in [5.41, 5.74) is 0.0293. The largest absolute Gasteiger partial charge is 0.371 e. The first kappa shape index (κ1) is 15.4. The van der Waals surface area contributed by atoms with Crippen LogP contribution in [-0.4, -0.2) is 24.0 Å². The van der Waals surface area contributed by atoms with Crippen molar-refractivity contribution in [3.05, 3.63) is 23.6 Å². The van der Waals surface area contributed by atoms with Crippen LogP contribution in [0.4, 0.5) is 10.2 Å². The zero-order chi connectivity index (χ0) is 14.3. The van der Waals surface area contributed by atoms with E-state index in [9.17, 15) is 9.18 Å². The Balaban J connectivity index is 2.63. The van der Waals surface area contributed by atoms with Crippen molar-refractivity contribution in [2.24, 2.45) is 0 Å². The Labute approximate surface area is 113 Å². The highest BCUT2D eigenvalue weighted by Crippen LogP contribution is 2.14. The molecule has 2 N–H and O–H groups in total. The molecule has 1 rings (SSSR count). The van der Waals surface area contributed by atoms with E-state index in [0.717, 1.165) is 25.7 Å². The zero-order valence-electron chi connectivity index (χ0n) is 11.8. The number of nitrogens with one attached hydrogen (secondary N) is 2. The van der Waals surface area contributed by atoms with Crippen molar-refractivity contribution >= 4 is 11.7 Å². The monoisotopic (exact) mass is 267 g/mol. The highest BCUT2D eigenvalue weighted by atomic mass is 19.1. The van der Waals surface area contributed by atoms with Gasteiger partial charge in [-0.2, -0.15) is 0 Å². The maximum Gasteiger partial charge on any atom is 0.254 e. The lowest BCUT2D eigenvalue weighted by molar-refractivity contribution is 0.0934. The number of halogens is 1. The van der Waals surface area contributed by atoms with Crippen molar-refractivity contribution in [3.8, 4) is 0 Å². The summed E-state index contributed by atoms with van der Waals surface area (Å²) in [7, 11) is 1.57. The van der Waals surface area contributed by atoms with Gasteiger partial charge >= 0.3 is 0 Å². The summed E-state index contributed by atoms with van der Waals surface area (Å²) in [6, 6.07) is 1.44. The maximum absolute atomic E-state index is 13.9. The fourth-order valence-corrected chi connectivity index (χ4v) is 1.87. The van der Waals surface area contributed by atoms with Gasteiger partial charge in [0.1, 0.15) is 0 Å². The van der Waals surface area contributed by atoms with Crippen molar-refractivity contribution in [2.75, 3.05) is 12.4 Å². The van der Waals surface area contributed by atoms with Crippen LogP contribution in [0.25, 0.3) is 0 Å². The molecule has 1 amide bonds. The number of carbonyl (C=O) groups is 1. The molecule has 0 spiro atoms. The minimum atomic E-state index is -0.608. The van der Waals surface area contributed by atoms with E-state index >= 15 is 0 Å². The second-order valence-electron chi connectivity index (χ2n) is 4.64. The number of hydrogen-bond acceptors (Lipinski definition) is 3. The summed E-state index contributed by atoms with van der Waals surface area (Å²) in [4.78, 5) is 15.8. The van der Waals surface area contributed by atoms with Crippen molar-refractivity contribution < 1.29 is 9.18 Å². The minimum Gasteiger partial charge on any atom is -0.371 e. The molecule has 0 aliphatic carbocycles. The predicted octanol–water partition coefficient (Wildman–Crippen LogP) is 2.96. The number of nitrogens with zero attached hydrogens (tertiary/aromatic N) is 1. The fourth-order valence-electron chi connectivity index (χ4n) is 1.87. The quantitative estimate of drug-likeness (QED) is 0.747. The third-order valence-corrected chi connectivity index (χ3v) is 2.99. The zero-order valence-corrected chi connectivity index (χ0v) is 11.8. The SMILES string of the molecule is CCCCCC(C)NC(=O)c1ccnc(NC)c1F. The second kappa shape index (κ2) is 7.71. The number of amides is 1. The molecule has 0 aromatic carbocycles. The maximum atomic E-state index is 13.9. The molecule has 1 atom stereocenters. The number of hydrogen-bond donors (Lipinski definition) is 2. The Bertz CT molecular complexity index is 423. The standard InChI is InChI=1S/C14H22FN3O/c1-4-5-6-7-10(2)18-14(19)11-8-9-17-13(16-3)12(11)15/h8-10H,4-7H2,1-3H3,(H,16,17)(H,18,19). The van der Waals surface area contributed by atoms with Gasteiger partial charge in [0, 0.05) is 19.3 Å². The van der Waals surface area contributed by atoms with Gasteiger partial charge in [-0.25, -0.2) is 9.37 Å². The first-order chi connectivity index (χ1) is 9.10. The van der Waals surface area contributed by atoms with Crippen molar-refractivity contribution in [1.82, 2.24) is 10.3 Å². The first-order valence-corrected chi connectivity index (χ1v) is 6.73. The van der Waals surface area contributed by atoms with E-state index < -0.39 is 5.82 Å². The van der Waals surface area contributed by atoms with E-state index in [4.69, 9.17) is 0 Å². The molecule has 1 aromatic rings. The van der Waals surface area contributed by atoms with E-state index in [1.165, 1.54) is 12.3 Å². The Morgan fingerprint density at radius 1 is 1.47 bits per heavy atom. The summed E-state index contributed by atoms with van der Waals surface area (Å²) >= 11 is 0. The number of unbranched alkanes of at least 4 members (excludes halogenated alkanes) is 2. The van der Waals surface area contributed by atoms with Crippen LogP contribution < -0.4 is 10.6 Å². The number of aromatic nitrogens is 1. The Morgan fingerprint density at radius 3 is 2.84 bits per heavy atom. The smallest absolute Gasteiger partial charge is 0.254 e. The molecule has 0 fully saturated rings. The summed E-state index contributed by atoms with van der Waals surface area (Å²) in [5, 5.41) is 5.43. The molecule has 1 aromatic heterocycles. The van der Waals surface area contributed by atoms with Gasteiger partial charge < -0.3 is 10.6 Å². The van der Waals surface area contributed by atoms with Crippen LogP contribution >= 0.6 is 0 Å². The van der Waals surface area contributed by atoms with E-state index in [-0.39, 0.29) is 23.3 Å². The molecule has 19 heavy (non-hydrogen) atoms. The Morgan fingerprint density at radius 2 is 2.21 bits per heavy atom. The van der Waals surface area contributed by atoms with Crippen LogP contribution in [0.2, 0.25) is 0 Å². The van der Waals surface area contributed by atoms with Crippen LogP contribution in [0.5, 0.6) is 0 Å². The van der Waals surface area contributed by atoms with Gasteiger partial charge in [0.25, 0.3) is 5.91 Å². The lowest BCUT2D eigenvalue weighted by Crippen LogP contribution is -2.33. The van der Waals surface area contributed by atoms with Crippen LogP contribution in [0, 0.1) is 5.82 Å². The molecule has 1 heterocycles. The van der Waals surface area contributed by atoms with Gasteiger partial charge in [-0.3, -0.25) is 4.79 Å². The summed E-state index contributed by atoms with van der Waals surface area (Å²) in [6.07, 6.45) is 5.69. The van der Waals surface area contributed by atoms with Gasteiger partial charge in [-0.05, 0) is 19.4 Å². The highest BCUT2D eigenvalue weighted by Gasteiger charge is 2.16. The molecule has 0 saturated carbocycles. The Kier molecular flexibility index (Phi) is 6.25. The minimum absolute atomic E-state index is 0.0293. The third-order valence-electron chi connectivity index (χ3n) is 2.99. The van der Waals surface area contributed by atoms with Crippen LogP contribution in [0.3, 0.4) is 0 Å². The van der Waals surface area contributed by atoms with Gasteiger partial charge in [-0.15, -0.1) is 0 Å². The van der Waals surface area contributed by atoms with Crippen molar-refractivity contribution in [1.29, 1.82) is 0 Å². The highest BCUT2D eigenvalue weighted by molar-refractivity contribution is 5.95. The van der Waals surface area contributed by atoms with E-state index in [1.807, 2.05) is 6.92 Å². The molecule has 4 nitrogen and oxygen atoms in total. The summed E-state index contributed by atoms with van der Waals surface area (Å²) in [5.74, 6) is -0.907. The number of anilines is 1. The molecular formula is C14H22FN3O. The second-order valence-corrected chi connectivity index (χ2v) is 4.64. The Hall–Kier alpha value is -1.65. The van der Waals surface area contributed by atoms with Gasteiger partial charge in [0.05, 0.1) is 5.56 Å². The molecule has 0 saturated heterocycles.